The van der Waals surface area contributed by atoms with Gasteiger partial charge in [-0.3, -0.25) is 14.2 Å². The Morgan fingerprint density at radius 2 is 2.05 bits per heavy atom. The highest BCUT2D eigenvalue weighted by Crippen LogP contribution is 2.35. The van der Waals surface area contributed by atoms with Crippen LogP contribution in [0.15, 0.2) is 4.79 Å². The van der Waals surface area contributed by atoms with E-state index in [4.69, 9.17) is 4.84 Å². The molecule has 2 aliphatic heterocycles. The summed E-state index contributed by atoms with van der Waals surface area (Å²) in [7, 11) is 0. The van der Waals surface area contributed by atoms with Gasteiger partial charge in [-0.1, -0.05) is 0 Å². The van der Waals surface area contributed by atoms with Crippen LogP contribution < -0.4 is 15.9 Å². The molecule has 0 saturated carbocycles. The van der Waals surface area contributed by atoms with Gasteiger partial charge in [0.25, 0.3) is 5.56 Å². The second kappa shape index (κ2) is 4.65. The molecule has 0 bridgehead atoms. The van der Waals surface area contributed by atoms with Gasteiger partial charge < -0.3 is 5.32 Å². The van der Waals surface area contributed by atoms with Gasteiger partial charge in [0.2, 0.25) is 5.95 Å². The number of fused-ring (bicyclic) bond motifs is 1. The molecule has 1 aromatic heterocycles. The molecule has 110 valence electrons. The Morgan fingerprint density at radius 1 is 1.25 bits per heavy atom. The van der Waals surface area contributed by atoms with Crippen LogP contribution >= 0.6 is 0 Å². The van der Waals surface area contributed by atoms with Gasteiger partial charge in [-0.15, -0.1) is 0 Å². The van der Waals surface area contributed by atoms with Gasteiger partial charge in [0, 0.05) is 19.6 Å². The van der Waals surface area contributed by atoms with Crippen LogP contribution in [0.5, 0.6) is 0 Å². The molecule has 6 nitrogen and oxygen atoms in total. The van der Waals surface area contributed by atoms with E-state index >= 15 is 0 Å². The fourth-order valence-electron chi connectivity index (χ4n) is 2.37. The molecular weight excluding hydrogens is 277 g/mol. The van der Waals surface area contributed by atoms with Crippen molar-refractivity contribution in [2.45, 2.75) is 25.6 Å². The van der Waals surface area contributed by atoms with E-state index in [1.807, 2.05) is 0 Å². The highest BCUT2D eigenvalue weighted by Gasteiger charge is 2.42. The topological polar surface area (TPSA) is 59.4 Å². The summed E-state index contributed by atoms with van der Waals surface area (Å²) in [5, 5.41) is 3.91. The van der Waals surface area contributed by atoms with E-state index < -0.39 is 23.1 Å². The molecule has 9 heteroatoms. The Kier molecular flexibility index (Phi) is 3.08. The normalized spacial score (nSPS) is 18.9. The zero-order valence-corrected chi connectivity index (χ0v) is 10.5. The Hall–Kier alpha value is -1.77. The summed E-state index contributed by atoms with van der Waals surface area (Å²) in [4.78, 5) is 21.2. The Labute approximate surface area is 112 Å². The predicted octanol–water partition coefficient (Wildman–Crippen LogP) is 1.22. The quantitative estimate of drug-likeness (QED) is 0.842. The van der Waals surface area contributed by atoms with E-state index in [0.717, 1.165) is 9.63 Å². The number of aromatic nitrogens is 2. The summed E-state index contributed by atoms with van der Waals surface area (Å²) in [6, 6.07) is 0. The average molecular weight is 290 g/mol. The van der Waals surface area contributed by atoms with Gasteiger partial charge in [-0.05, 0) is 12.8 Å². The van der Waals surface area contributed by atoms with Crippen LogP contribution in [0.4, 0.5) is 24.9 Å². The molecule has 3 rings (SSSR count). The standard InChI is InChI=1S/C11H13F3N4O2/c12-11(13,14)7-8(18-5-2-6-20-18)16-10-15-3-1-4-17(10)9(7)19/h1-6H2,(H,15,16). The van der Waals surface area contributed by atoms with Crippen LogP contribution in [-0.2, 0) is 17.6 Å². The lowest BCUT2D eigenvalue weighted by Gasteiger charge is -2.25. The fraction of sp³-hybridized carbons (Fsp3) is 0.636. The first-order valence-corrected chi connectivity index (χ1v) is 6.35. The number of anilines is 2. The van der Waals surface area contributed by atoms with Gasteiger partial charge in [-0.2, -0.15) is 18.2 Å². The van der Waals surface area contributed by atoms with Crippen molar-refractivity contribution in [1.29, 1.82) is 0 Å². The van der Waals surface area contributed by atoms with E-state index in [9.17, 15) is 18.0 Å². The lowest BCUT2D eigenvalue weighted by molar-refractivity contribution is -0.139. The average Bonchev–Trinajstić information content (AvgIpc) is 2.90. The molecular formula is C11H13F3N4O2. The molecule has 1 N–H and O–H groups in total. The largest absolute Gasteiger partial charge is 0.425 e. The summed E-state index contributed by atoms with van der Waals surface area (Å²) in [5.41, 5.74) is -2.33. The van der Waals surface area contributed by atoms with E-state index in [0.29, 0.717) is 32.5 Å². The second-order valence-corrected chi connectivity index (χ2v) is 4.66. The number of hydrogen-bond donors (Lipinski definition) is 1. The zero-order chi connectivity index (χ0) is 14.3. The van der Waals surface area contributed by atoms with Crippen LogP contribution in [0.2, 0.25) is 0 Å². The van der Waals surface area contributed by atoms with Gasteiger partial charge in [0.1, 0.15) is 0 Å². The highest BCUT2D eigenvalue weighted by molar-refractivity contribution is 5.50. The third-order valence-electron chi connectivity index (χ3n) is 3.26. The molecule has 0 unspecified atom stereocenters. The van der Waals surface area contributed by atoms with Crippen LogP contribution in [0.25, 0.3) is 0 Å². The number of halogens is 3. The number of rotatable bonds is 1. The summed E-state index contributed by atoms with van der Waals surface area (Å²) >= 11 is 0. The minimum Gasteiger partial charge on any atom is -0.355 e. The van der Waals surface area contributed by atoms with Gasteiger partial charge in [-0.25, -0.2) is 5.06 Å². The molecule has 0 spiro atoms. The third kappa shape index (κ3) is 2.11. The van der Waals surface area contributed by atoms with Crippen molar-refractivity contribution in [1.82, 2.24) is 9.55 Å². The monoisotopic (exact) mass is 290 g/mol. The first-order chi connectivity index (χ1) is 9.48. The number of hydroxylamine groups is 1. The number of hydrogen-bond acceptors (Lipinski definition) is 5. The smallest absolute Gasteiger partial charge is 0.355 e. The molecule has 1 aromatic rings. The number of alkyl halides is 3. The maximum absolute atomic E-state index is 13.2. The molecule has 1 saturated heterocycles. The summed E-state index contributed by atoms with van der Waals surface area (Å²) in [6.45, 7) is 1.43. The minimum atomic E-state index is -4.76. The first kappa shape index (κ1) is 13.2. The number of nitrogens with zero attached hydrogens (tertiary/aromatic N) is 3. The molecule has 0 radical (unpaired) electrons. The molecule has 3 heterocycles. The second-order valence-electron chi connectivity index (χ2n) is 4.66. The van der Waals surface area contributed by atoms with Crippen LogP contribution in [0, 0.1) is 0 Å². The molecule has 1 fully saturated rings. The van der Waals surface area contributed by atoms with Crippen molar-refractivity contribution in [3.05, 3.63) is 15.9 Å². The minimum absolute atomic E-state index is 0.166. The van der Waals surface area contributed by atoms with Crippen molar-refractivity contribution in [2.24, 2.45) is 0 Å². The van der Waals surface area contributed by atoms with E-state index in [1.165, 1.54) is 0 Å². The third-order valence-corrected chi connectivity index (χ3v) is 3.26. The molecule has 0 aliphatic carbocycles. The maximum atomic E-state index is 13.2. The zero-order valence-electron chi connectivity index (χ0n) is 10.5. The molecule has 0 aromatic carbocycles. The molecule has 20 heavy (non-hydrogen) atoms. The molecule has 0 atom stereocenters. The van der Waals surface area contributed by atoms with Crippen LogP contribution in [0.3, 0.4) is 0 Å². The lowest BCUT2D eigenvalue weighted by atomic mass is 10.2. The Bertz CT molecular complexity index is 578. The van der Waals surface area contributed by atoms with Crippen molar-refractivity contribution in [3.8, 4) is 0 Å². The Balaban J connectivity index is 2.20. The molecule has 2 aliphatic rings. The van der Waals surface area contributed by atoms with Gasteiger partial charge in [0.05, 0.1) is 6.61 Å². The van der Waals surface area contributed by atoms with Crippen molar-refractivity contribution in [2.75, 3.05) is 30.1 Å². The van der Waals surface area contributed by atoms with Crippen molar-refractivity contribution >= 4 is 11.8 Å². The van der Waals surface area contributed by atoms with Gasteiger partial charge in [0.15, 0.2) is 11.4 Å². The highest BCUT2D eigenvalue weighted by atomic mass is 19.4. The van der Waals surface area contributed by atoms with E-state index in [2.05, 4.69) is 10.3 Å². The summed E-state index contributed by atoms with van der Waals surface area (Å²) in [6.07, 6.45) is -3.57. The first-order valence-electron chi connectivity index (χ1n) is 6.35. The van der Waals surface area contributed by atoms with E-state index in [1.54, 1.807) is 0 Å². The van der Waals surface area contributed by atoms with Crippen molar-refractivity contribution in [3.63, 3.8) is 0 Å². The SMILES string of the molecule is O=c1c(C(F)(F)F)c(N2CCCO2)nc2n1CCCN2. The van der Waals surface area contributed by atoms with Crippen LogP contribution in [0.1, 0.15) is 18.4 Å². The van der Waals surface area contributed by atoms with Gasteiger partial charge >= 0.3 is 6.18 Å². The Morgan fingerprint density at radius 3 is 2.70 bits per heavy atom. The summed E-state index contributed by atoms with van der Waals surface area (Å²) in [5.74, 6) is -0.277. The van der Waals surface area contributed by atoms with Crippen molar-refractivity contribution < 1.29 is 18.0 Å². The maximum Gasteiger partial charge on any atom is 0.425 e. The summed E-state index contributed by atoms with van der Waals surface area (Å²) < 4.78 is 40.6. The number of nitrogens with one attached hydrogen (secondary N) is 1. The predicted molar refractivity (Wildman–Crippen MR) is 64.5 cm³/mol. The molecule has 0 amide bonds. The van der Waals surface area contributed by atoms with Crippen LogP contribution in [-0.4, -0.2) is 29.2 Å². The fourth-order valence-corrected chi connectivity index (χ4v) is 2.37. The van der Waals surface area contributed by atoms with E-state index in [-0.39, 0.29) is 12.5 Å². The lowest BCUT2D eigenvalue weighted by Crippen LogP contribution is -2.38.